The molecule has 2 aromatic heterocycles. The van der Waals surface area contributed by atoms with Gasteiger partial charge in [-0.25, -0.2) is 4.98 Å². The van der Waals surface area contributed by atoms with Crippen molar-refractivity contribution in [3.63, 3.8) is 0 Å². The number of piperidine rings is 1. The smallest absolute Gasteiger partial charge is 0.270 e. The molecule has 138 valence electrons. The third-order valence-corrected chi connectivity index (χ3v) is 5.07. The van der Waals surface area contributed by atoms with Gasteiger partial charge in [0.25, 0.3) is 11.1 Å². The second-order valence-corrected chi connectivity index (χ2v) is 6.58. The van der Waals surface area contributed by atoms with Crippen LogP contribution in [0.1, 0.15) is 25.3 Å². The maximum absolute atomic E-state index is 12.4. The Labute approximate surface area is 157 Å². The molecule has 1 unspecified atom stereocenters. The minimum Gasteiger partial charge on any atom is -0.328 e. The largest absolute Gasteiger partial charge is 0.328 e. The molecule has 0 spiro atoms. The first-order valence-electron chi connectivity index (χ1n) is 8.22. The van der Waals surface area contributed by atoms with Gasteiger partial charge in [0.05, 0.1) is 12.2 Å². The molecule has 4 rings (SSSR count). The molecule has 7 nitrogen and oxygen atoms in total. The fraction of sp³-hybridized carbons (Fsp3) is 0.562. The molecule has 2 N–H and O–H groups in total. The third-order valence-electron chi connectivity index (χ3n) is 5.07. The standard InChI is InChI=1S/C16H21N5O2.2ClH/c17-11-3-6-19(7-4-11)10-12-5-8-20-15(23)9-18-13-1-2-14(22)21(12)16(13)20;;/h1-2,9,11-12H,3-8,10,17H2;2*1H. The summed E-state index contributed by atoms with van der Waals surface area (Å²) in [5, 5.41) is 0. The lowest BCUT2D eigenvalue weighted by molar-refractivity contribution is 0.174. The average Bonchev–Trinajstić information content (AvgIpc) is 2.56. The fourth-order valence-electron chi connectivity index (χ4n) is 3.78. The van der Waals surface area contributed by atoms with Gasteiger partial charge in [-0.3, -0.25) is 18.7 Å². The highest BCUT2D eigenvalue weighted by Gasteiger charge is 2.26. The Morgan fingerprint density at radius 1 is 1.04 bits per heavy atom. The molecular formula is C16H23Cl2N5O2. The number of halogens is 2. The van der Waals surface area contributed by atoms with E-state index in [1.165, 1.54) is 6.20 Å². The normalized spacial score (nSPS) is 20.8. The fourth-order valence-corrected chi connectivity index (χ4v) is 3.78. The Morgan fingerprint density at radius 2 is 1.76 bits per heavy atom. The Morgan fingerprint density at radius 3 is 2.48 bits per heavy atom. The lowest BCUT2D eigenvalue weighted by atomic mass is 10.0. The predicted molar refractivity (Wildman–Crippen MR) is 102 cm³/mol. The van der Waals surface area contributed by atoms with Crippen molar-refractivity contribution in [1.82, 2.24) is 19.0 Å². The molecule has 1 fully saturated rings. The molecule has 0 saturated carbocycles. The summed E-state index contributed by atoms with van der Waals surface area (Å²) in [7, 11) is 0. The SMILES string of the molecule is Cl.Cl.NC1CCN(CC2CCn3c(=O)cnc4ccc(=O)n2c43)CC1. The second-order valence-electron chi connectivity index (χ2n) is 6.58. The van der Waals surface area contributed by atoms with Gasteiger partial charge in [-0.15, -0.1) is 24.8 Å². The molecule has 2 aliphatic rings. The molecule has 4 heterocycles. The van der Waals surface area contributed by atoms with E-state index in [0.29, 0.717) is 23.8 Å². The number of hydrogen-bond acceptors (Lipinski definition) is 5. The summed E-state index contributed by atoms with van der Waals surface area (Å²) < 4.78 is 3.44. The highest BCUT2D eigenvalue weighted by atomic mass is 35.5. The van der Waals surface area contributed by atoms with Gasteiger partial charge in [0, 0.05) is 25.2 Å². The molecule has 0 aliphatic carbocycles. The number of likely N-dealkylation sites (tertiary alicyclic amines) is 1. The predicted octanol–water partition coefficient (Wildman–Crippen LogP) is 0.770. The average molecular weight is 388 g/mol. The molecule has 9 heteroatoms. The van der Waals surface area contributed by atoms with Crippen LogP contribution in [0.25, 0.3) is 11.2 Å². The topological polar surface area (TPSA) is 86.2 Å². The van der Waals surface area contributed by atoms with Gasteiger partial charge in [0.2, 0.25) is 0 Å². The van der Waals surface area contributed by atoms with Crippen LogP contribution in [0, 0.1) is 0 Å². The van der Waals surface area contributed by atoms with Crippen molar-refractivity contribution in [2.75, 3.05) is 19.6 Å². The van der Waals surface area contributed by atoms with E-state index in [1.807, 2.05) is 0 Å². The minimum atomic E-state index is -0.140. The van der Waals surface area contributed by atoms with Gasteiger partial charge in [-0.1, -0.05) is 0 Å². The van der Waals surface area contributed by atoms with E-state index in [4.69, 9.17) is 5.73 Å². The molecule has 0 bridgehead atoms. The molecule has 1 atom stereocenters. The Kier molecular flexibility index (Phi) is 6.26. The third kappa shape index (κ3) is 3.60. The number of pyridine rings is 1. The molecule has 1 saturated heterocycles. The first-order valence-corrected chi connectivity index (χ1v) is 8.22. The van der Waals surface area contributed by atoms with E-state index in [2.05, 4.69) is 9.88 Å². The summed E-state index contributed by atoms with van der Waals surface area (Å²) in [5.41, 5.74) is 7.14. The molecule has 0 radical (unpaired) electrons. The maximum atomic E-state index is 12.4. The molecule has 2 aromatic rings. The molecule has 0 amide bonds. The second kappa shape index (κ2) is 7.86. The zero-order chi connectivity index (χ0) is 16.0. The zero-order valence-electron chi connectivity index (χ0n) is 13.8. The molecule has 2 aliphatic heterocycles. The van der Waals surface area contributed by atoms with Gasteiger partial charge in [0.15, 0.2) is 0 Å². The first kappa shape index (κ1) is 19.9. The summed E-state index contributed by atoms with van der Waals surface area (Å²) in [4.78, 5) is 31.1. The van der Waals surface area contributed by atoms with Crippen LogP contribution in [0.3, 0.4) is 0 Å². The first-order chi connectivity index (χ1) is 11.1. The van der Waals surface area contributed by atoms with Crippen LogP contribution in [-0.2, 0) is 6.54 Å². The van der Waals surface area contributed by atoms with Gasteiger partial charge in [-0.2, -0.15) is 0 Å². The van der Waals surface area contributed by atoms with E-state index >= 15 is 0 Å². The molecule has 25 heavy (non-hydrogen) atoms. The Bertz CT molecular complexity index is 852. The molecular weight excluding hydrogens is 365 g/mol. The number of aromatic nitrogens is 3. The Hall–Kier alpha value is -1.41. The van der Waals surface area contributed by atoms with Gasteiger partial charge >= 0.3 is 0 Å². The van der Waals surface area contributed by atoms with Crippen molar-refractivity contribution in [1.29, 1.82) is 0 Å². The lowest BCUT2D eigenvalue weighted by Crippen LogP contribution is -2.45. The van der Waals surface area contributed by atoms with Crippen molar-refractivity contribution >= 4 is 36.0 Å². The number of nitrogens with two attached hydrogens (primary N) is 1. The Balaban J connectivity index is 0.00000113. The number of aryl methyl sites for hydroxylation is 1. The number of hydrogen-bond donors (Lipinski definition) is 1. The van der Waals surface area contributed by atoms with Crippen LogP contribution in [0.5, 0.6) is 0 Å². The maximum Gasteiger partial charge on any atom is 0.270 e. The summed E-state index contributed by atoms with van der Waals surface area (Å²) in [5.74, 6) is 0. The van der Waals surface area contributed by atoms with E-state index in [1.54, 1.807) is 21.3 Å². The van der Waals surface area contributed by atoms with Crippen LogP contribution in [0.4, 0.5) is 0 Å². The highest BCUT2D eigenvalue weighted by Crippen LogP contribution is 2.24. The highest BCUT2D eigenvalue weighted by molar-refractivity contribution is 5.85. The zero-order valence-corrected chi connectivity index (χ0v) is 15.5. The molecule has 0 aromatic carbocycles. The van der Waals surface area contributed by atoms with Gasteiger partial charge in [0.1, 0.15) is 11.2 Å². The number of rotatable bonds is 2. The minimum absolute atomic E-state index is 0. The van der Waals surface area contributed by atoms with Gasteiger partial charge in [-0.05, 0) is 38.4 Å². The summed E-state index contributed by atoms with van der Waals surface area (Å²) in [6.07, 6.45) is 4.13. The number of nitrogens with zero attached hydrogens (tertiary/aromatic N) is 4. The van der Waals surface area contributed by atoms with Crippen molar-refractivity contribution in [3.8, 4) is 0 Å². The van der Waals surface area contributed by atoms with E-state index in [9.17, 15) is 9.59 Å². The van der Waals surface area contributed by atoms with Crippen LogP contribution < -0.4 is 16.9 Å². The van der Waals surface area contributed by atoms with Crippen LogP contribution >= 0.6 is 24.8 Å². The van der Waals surface area contributed by atoms with Crippen molar-refractivity contribution in [2.45, 2.75) is 37.9 Å². The van der Waals surface area contributed by atoms with Crippen LogP contribution in [0.15, 0.2) is 27.9 Å². The van der Waals surface area contributed by atoms with E-state index in [-0.39, 0.29) is 42.0 Å². The van der Waals surface area contributed by atoms with Crippen molar-refractivity contribution < 1.29 is 0 Å². The summed E-state index contributed by atoms with van der Waals surface area (Å²) in [6.45, 7) is 3.42. The summed E-state index contributed by atoms with van der Waals surface area (Å²) in [6, 6.07) is 3.64. The van der Waals surface area contributed by atoms with E-state index < -0.39 is 0 Å². The van der Waals surface area contributed by atoms with Crippen molar-refractivity contribution in [3.05, 3.63) is 39.0 Å². The van der Waals surface area contributed by atoms with E-state index in [0.717, 1.165) is 38.9 Å². The van der Waals surface area contributed by atoms with Crippen molar-refractivity contribution in [2.24, 2.45) is 5.73 Å². The van der Waals surface area contributed by atoms with Crippen LogP contribution in [0.2, 0.25) is 0 Å². The van der Waals surface area contributed by atoms with Crippen LogP contribution in [-0.4, -0.2) is 44.7 Å². The lowest BCUT2D eigenvalue weighted by Gasteiger charge is -2.35. The quantitative estimate of drug-likeness (QED) is 0.822. The monoisotopic (exact) mass is 387 g/mol. The summed E-state index contributed by atoms with van der Waals surface area (Å²) >= 11 is 0. The van der Waals surface area contributed by atoms with Gasteiger partial charge < -0.3 is 10.6 Å².